The van der Waals surface area contributed by atoms with Gasteiger partial charge in [-0.05, 0) is 47.9 Å². The fraction of sp³-hybridized carbons (Fsp3) is 0.267. The van der Waals surface area contributed by atoms with E-state index in [9.17, 15) is 9.50 Å². The number of pyridine rings is 1. The van der Waals surface area contributed by atoms with Crippen LogP contribution in [-0.2, 0) is 0 Å². The first-order valence-corrected chi connectivity index (χ1v) is 5.93. The molecule has 0 aliphatic heterocycles. The van der Waals surface area contributed by atoms with Gasteiger partial charge in [-0.2, -0.15) is 0 Å². The first-order chi connectivity index (χ1) is 8.59. The van der Waals surface area contributed by atoms with Crippen LogP contribution in [-0.4, -0.2) is 10.1 Å². The molecule has 1 aromatic heterocycles. The van der Waals surface area contributed by atoms with Gasteiger partial charge in [-0.1, -0.05) is 13.0 Å². The fourth-order valence-electron chi connectivity index (χ4n) is 2.05. The lowest BCUT2D eigenvalue weighted by Gasteiger charge is -2.21. The highest BCUT2D eigenvalue weighted by atomic mass is 19.1. The largest absolute Gasteiger partial charge is 0.388 e. The summed E-state index contributed by atoms with van der Waals surface area (Å²) in [5.74, 6) is -0.426. The van der Waals surface area contributed by atoms with Crippen molar-refractivity contribution in [3.63, 3.8) is 0 Å². The smallest absolute Gasteiger partial charge is 0.123 e. The molecular weight excluding hydrogens is 229 g/mol. The summed E-state index contributed by atoms with van der Waals surface area (Å²) >= 11 is 0. The number of hydrogen-bond donors (Lipinski definition) is 1. The van der Waals surface area contributed by atoms with E-state index in [4.69, 9.17) is 0 Å². The highest BCUT2D eigenvalue weighted by Crippen LogP contribution is 2.32. The second kappa shape index (κ2) is 5.27. The first-order valence-electron chi connectivity index (χ1n) is 5.93. The molecule has 2 atom stereocenters. The minimum atomic E-state index is -0.719. The number of aliphatic hydroxyl groups is 1. The molecule has 0 spiro atoms. The zero-order valence-corrected chi connectivity index (χ0v) is 10.5. The molecule has 1 heterocycles. The van der Waals surface area contributed by atoms with Gasteiger partial charge in [-0.15, -0.1) is 0 Å². The Balaban J connectivity index is 2.31. The zero-order chi connectivity index (χ0) is 13.1. The third-order valence-corrected chi connectivity index (χ3v) is 3.27. The SMILES string of the molecule is Cc1ccc(F)cc1C(O)C(C)c1ccncc1. The maximum atomic E-state index is 13.3. The van der Waals surface area contributed by atoms with Gasteiger partial charge >= 0.3 is 0 Å². The summed E-state index contributed by atoms with van der Waals surface area (Å²) in [6, 6.07) is 8.22. The summed E-state index contributed by atoms with van der Waals surface area (Å²) in [6.07, 6.45) is 2.66. The number of nitrogens with zero attached hydrogens (tertiary/aromatic N) is 1. The summed E-state index contributed by atoms with van der Waals surface area (Å²) in [5.41, 5.74) is 2.52. The average Bonchev–Trinajstić information content (AvgIpc) is 2.41. The summed E-state index contributed by atoms with van der Waals surface area (Å²) in [4.78, 5) is 3.95. The lowest BCUT2D eigenvalue weighted by atomic mass is 9.89. The van der Waals surface area contributed by atoms with Crippen LogP contribution in [0.3, 0.4) is 0 Å². The number of rotatable bonds is 3. The molecule has 0 aliphatic rings. The van der Waals surface area contributed by atoms with E-state index in [1.165, 1.54) is 12.1 Å². The van der Waals surface area contributed by atoms with Gasteiger partial charge < -0.3 is 5.11 Å². The van der Waals surface area contributed by atoms with Crippen LogP contribution in [0.5, 0.6) is 0 Å². The third kappa shape index (κ3) is 2.57. The van der Waals surface area contributed by atoms with E-state index in [1.807, 2.05) is 26.0 Å². The molecule has 0 bridgehead atoms. The number of aryl methyl sites for hydroxylation is 1. The quantitative estimate of drug-likeness (QED) is 0.899. The molecule has 1 aromatic carbocycles. The Labute approximate surface area is 106 Å². The topological polar surface area (TPSA) is 33.1 Å². The molecule has 0 saturated heterocycles. The van der Waals surface area contributed by atoms with Crippen molar-refractivity contribution in [2.45, 2.75) is 25.9 Å². The van der Waals surface area contributed by atoms with E-state index in [0.717, 1.165) is 11.1 Å². The molecule has 2 nitrogen and oxygen atoms in total. The Morgan fingerprint density at radius 2 is 1.83 bits per heavy atom. The van der Waals surface area contributed by atoms with Gasteiger partial charge in [0.15, 0.2) is 0 Å². The van der Waals surface area contributed by atoms with Crippen LogP contribution in [0.25, 0.3) is 0 Å². The predicted molar refractivity (Wildman–Crippen MR) is 68.7 cm³/mol. The van der Waals surface area contributed by atoms with Crippen molar-refractivity contribution in [3.05, 3.63) is 65.2 Å². The highest BCUT2D eigenvalue weighted by Gasteiger charge is 2.20. The normalized spacial score (nSPS) is 14.2. The molecule has 1 N–H and O–H groups in total. The number of aromatic nitrogens is 1. The van der Waals surface area contributed by atoms with Gasteiger partial charge in [0.25, 0.3) is 0 Å². The Bertz CT molecular complexity index is 527. The van der Waals surface area contributed by atoms with Crippen LogP contribution >= 0.6 is 0 Å². The van der Waals surface area contributed by atoms with Crippen LogP contribution in [0, 0.1) is 12.7 Å². The Morgan fingerprint density at radius 1 is 1.17 bits per heavy atom. The van der Waals surface area contributed by atoms with Crippen molar-refractivity contribution < 1.29 is 9.50 Å². The molecule has 0 saturated carbocycles. The van der Waals surface area contributed by atoms with E-state index >= 15 is 0 Å². The van der Waals surface area contributed by atoms with Crippen LogP contribution in [0.2, 0.25) is 0 Å². The molecular formula is C15H16FNO. The maximum absolute atomic E-state index is 13.3. The van der Waals surface area contributed by atoms with Crippen molar-refractivity contribution in [2.75, 3.05) is 0 Å². The van der Waals surface area contributed by atoms with E-state index in [0.29, 0.717) is 5.56 Å². The lowest BCUT2D eigenvalue weighted by molar-refractivity contribution is 0.150. The third-order valence-electron chi connectivity index (χ3n) is 3.27. The average molecular weight is 245 g/mol. The van der Waals surface area contributed by atoms with Crippen molar-refractivity contribution >= 4 is 0 Å². The van der Waals surface area contributed by atoms with Gasteiger partial charge in [0.1, 0.15) is 5.82 Å². The number of aliphatic hydroxyl groups excluding tert-OH is 1. The van der Waals surface area contributed by atoms with E-state index in [-0.39, 0.29) is 11.7 Å². The monoisotopic (exact) mass is 245 g/mol. The molecule has 0 aliphatic carbocycles. The van der Waals surface area contributed by atoms with Gasteiger partial charge in [-0.3, -0.25) is 4.98 Å². The van der Waals surface area contributed by atoms with Crippen molar-refractivity contribution in [1.29, 1.82) is 0 Å². The second-order valence-corrected chi connectivity index (χ2v) is 4.51. The standard InChI is InChI=1S/C15H16FNO/c1-10-3-4-13(16)9-14(10)15(18)11(2)12-5-7-17-8-6-12/h3-9,11,15,18H,1-2H3. The minimum Gasteiger partial charge on any atom is -0.388 e. The Morgan fingerprint density at radius 3 is 2.50 bits per heavy atom. The van der Waals surface area contributed by atoms with E-state index < -0.39 is 6.10 Å². The van der Waals surface area contributed by atoms with Gasteiger partial charge in [0, 0.05) is 18.3 Å². The van der Waals surface area contributed by atoms with Crippen LogP contribution in [0.4, 0.5) is 4.39 Å². The zero-order valence-electron chi connectivity index (χ0n) is 10.5. The number of halogens is 1. The van der Waals surface area contributed by atoms with Crippen molar-refractivity contribution in [3.8, 4) is 0 Å². The Hall–Kier alpha value is -1.74. The fourth-order valence-corrected chi connectivity index (χ4v) is 2.05. The maximum Gasteiger partial charge on any atom is 0.123 e. The van der Waals surface area contributed by atoms with Crippen LogP contribution in [0.15, 0.2) is 42.7 Å². The molecule has 2 aromatic rings. The first kappa shape index (κ1) is 12.7. The number of hydrogen-bond acceptors (Lipinski definition) is 2. The molecule has 0 amide bonds. The molecule has 2 unspecified atom stereocenters. The van der Waals surface area contributed by atoms with Crippen molar-refractivity contribution in [2.24, 2.45) is 0 Å². The van der Waals surface area contributed by atoms with Gasteiger partial charge in [0.2, 0.25) is 0 Å². The highest BCUT2D eigenvalue weighted by molar-refractivity contribution is 5.31. The minimum absolute atomic E-state index is 0.103. The molecule has 0 fully saturated rings. The lowest BCUT2D eigenvalue weighted by Crippen LogP contribution is -2.09. The summed E-state index contributed by atoms with van der Waals surface area (Å²) in [6.45, 7) is 3.79. The van der Waals surface area contributed by atoms with E-state index in [2.05, 4.69) is 4.98 Å². The molecule has 94 valence electrons. The molecule has 2 rings (SSSR count). The van der Waals surface area contributed by atoms with E-state index in [1.54, 1.807) is 18.5 Å². The summed E-state index contributed by atoms with van der Waals surface area (Å²) in [5, 5.41) is 10.4. The van der Waals surface area contributed by atoms with Crippen LogP contribution < -0.4 is 0 Å². The Kier molecular flexibility index (Phi) is 3.72. The summed E-state index contributed by atoms with van der Waals surface area (Å²) < 4.78 is 13.3. The van der Waals surface area contributed by atoms with Crippen molar-refractivity contribution in [1.82, 2.24) is 4.98 Å². The second-order valence-electron chi connectivity index (χ2n) is 4.51. The molecule has 18 heavy (non-hydrogen) atoms. The molecule has 3 heteroatoms. The van der Waals surface area contributed by atoms with Gasteiger partial charge in [0.05, 0.1) is 6.10 Å². The van der Waals surface area contributed by atoms with Gasteiger partial charge in [-0.25, -0.2) is 4.39 Å². The number of benzene rings is 1. The van der Waals surface area contributed by atoms with Crippen LogP contribution in [0.1, 0.15) is 35.6 Å². The molecule has 0 radical (unpaired) electrons. The summed E-state index contributed by atoms with van der Waals surface area (Å²) in [7, 11) is 0. The predicted octanol–water partition coefficient (Wildman–Crippen LogP) is 3.37.